The number of carbonyl (C=O) groups excluding carboxylic acids is 1. The predicted octanol–water partition coefficient (Wildman–Crippen LogP) is 1.43. The summed E-state index contributed by atoms with van der Waals surface area (Å²) in [4.78, 5) is 16.9. The molecule has 0 fully saturated rings. The lowest BCUT2D eigenvalue weighted by molar-refractivity contribution is -0.127. The van der Waals surface area contributed by atoms with Gasteiger partial charge in [0.2, 0.25) is 5.91 Å². The third kappa shape index (κ3) is 3.14. The van der Waals surface area contributed by atoms with Gasteiger partial charge < -0.3 is 4.90 Å². The fraction of sp³-hybridized carbons (Fsp3) is 0.333. The van der Waals surface area contributed by atoms with Crippen molar-refractivity contribution in [2.75, 3.05) is 12.4 Å². The number of carbonyl (C=O) groups is 1. The number of hydrogen-bond acceptors (Lipinski definition) is 2. The minimum absolute atomic E-state index is 0.0608. The molecule has 0 bridgehead atoms. The molecule has 3 nitrogen and oxygen atoms in total. The van der Waals surface area contributed by atoms with Crippen molar-refractivity contribution in [3.05, 3.63) is 30.1 Å². The summed E-state index contributed by atoms with van der Waals surface area (Å²) >= 11 is 3.12. The number of aromatic nitrogens is 1. The average molecular weight is 243 g/mol. The zero-order chi connectivity index (χ0) is 9.68. The zero-order valence-electron chi connectivity index (χ0n) is 7.40. The monoisotopic (exact) mass is 242 g/mol. The number of hydrogen-bond donors (Lipinski definition) is 0. The second-order valence-electron chi connectivity index (χ2n) is 2.70. The highest BCUT2D eigenvalue weighted by atomic mass is 79.9. The van der Waals surface area contributed by atoms with Crippen LogP contribution in [-0.4, -0.2) is 28.2 Å². The molecular formula is C9H11BrN2O. The van der Waals surface area contributed by atoms with Gasteiger partial charge in [-0.1, -0.05) is 22.0 Å². The molecule has 0 saturated carbocycles. The number of rotatable bonds is 3. The molecule has 1 aromatic heterocycles. The molecule has 0 saturated heterocycles. The number of amides is 1. The molecule has 0 unspecified atom stereocenters. The first-order valence-corrected chi connectivity index (χ1v) is 5.06. The first-order chi connectivity index (χ1) is 6.24. The van der Waals surface area contributed by atoms with E-state index < -0.39 is 0 Å². The van der Waals surface area contributed by atoms with E-state index in [1.165, 1.54) is 0 Å². The standard InChI is InChI=1S/C9H11BrN2O/c1-12(9(13)6-10)7-8-4-2-3-5-11-8/h2-5H,6-7H2,1H3. The number of nitrogens with zero attached hydrogens (tertiary/aromatic N) is 2. The lowest BCUT2D eigenvalue weighted by Gasteiger charge is -2.14. The Labute approximate surface area is 85.9 Å². The van der Waals surface area contributed by atoms with E-state index in [1.54, 1.807) is 18.1 Å². The van der Waals surface area contributed by atoms with E-state index in [-0.39, 0.29) is 5.91 Å². The van der Waals surface area contributed by atoms with Crippen molar-refractivity contribution in [1.29, 1.82) is 0 Å². The Morgan fingerprint density at radius 3 is 2.92 bits per heavy atom. The molecule has 0 aliphatic carbocycles. The van der Waals surface area contributed by atoms with E-state index in [0.29, 0.717) is 11.9 Å². The zero-order valence-corrected chi connectivity index (χ0v) is 8.99. The van der Waals surface area contributed by atoms with Crippen molar-refractivity contribution < 1.29 is 4.79 Å². The first-order valence-electron chi connectivity index (χ1n) is 3.94. The van der Waals surface area contributed by atoms with Crippen molar-refractivity contribution in [2.45, 2.75) is 6.54 Å². The van der Waals surface area contributed by atoms with Crippen molar-refractivity contribution in [3.63, 3.8) is 0 Å². The van der Waals surface area contributed by atoms with Crippen LogP contribution in [0.15, 0.2) is 24.4 Å². The van der Waals surface area contributed by atoms with Crippen LogP contribution in [0.4, 0.5) is 0 Å². The average Bonchev–Trinajstić information content (AvgIpc) is 2.18. The van der Waals surface area contributed by atoms with Gasteiger partial charge in [0.25, 0.3) is 0 Å². The molecule has 0 N–H and O–H groups in total. The van der Waals surface area contributed by atoms with E-state index >= 15 is 0 Å². The topological polar surface area (TPSA) is 33.2 Å². The maximum Gasteiger partial charge on any atom is 0.233 e. The molecule has 0 aliphatic heterocycles. The van der Waals surface area contributed by atoms with Gasteiger partial charge in [-0.3, -0.25) is 9.78 Å². The summed E-state index contributed by atoms with van der Waals surface area (Å²) in [5, 5.41) is 0.357. The van der Waals surface area contributed by atoms with Gasteiger partial charge in [-0.2, -0.15) is 0 Å². The van der Waals surface area contributed by atoms with Crippen molar-refractivity contribution in [3.8, 4) is 0 Å². The van der Waals surface area contributed by atoms with Crippen LogP contribution in [0.3, 0.4) is 0 Å². The minimum atomic E-state index is 0.0608. The Morgan fingerprint density at radius 1 is 1.62 bits per heavy atom. The summed E-state index contributed by atoms with van der Waals surface area (Å²) in [6.07, 6.45) is 1.72. The highest BCUT2D eigenvalue weighted by Gasteiger charge is 2.06. The largest absolute Gasteiger partial charge is 0.339 e. The summed E-state index contributed by atoms with van der Waals surface area (Å²) in [5.74, 6) is 0.0608. The third-order valence-corrected chi connectivity index (χ3v) is 2.15. The van der Waals surface area contributed by atoms with E-state index in [4.69, 9.17) is 0 Å². The van der Waals surface area contributed by atoms with Gasteiger partial charge in [-0.15, -0.1) is 0 Å². The highest BCUT2D eigenvalue weighted by Crippen LogP contribution is 1.99. The van der Waals surface area contributed by atoms with Crippen molar-refractivity contribution >= 4 is 21.8 Å². The van der Waals surface area contributed by atoms with Crippen LogP contribution < -0.4 is 0 Å². The fourth-order valence-electron chi connectivity index (χ4n) is 0.925. The Hall–Kier alpha value is -0.900. The van der Waals surface area contributed by atoms with Crippen LogP contribution in [0.1, 0.15) is 5.69 Å². The van der Waals surface area contributed by atoms with Gasteiger partial charge in [0.05, 0.1) is 17.6 Å². The molecule has 70 valence electrons. The lowest BCUT2D eigenvalue weighted by Crippen LogP contribution is -2.27. The Balaban J connectivity index is 2.55. The molecule has 13 heavy (non-hydrogen) atoms. The van der Waals surface area contributed by atoms with Crippen molar-refractivity contribution in [1.82, 2.24) is 9.88 Å². The maximum absolute atomic E-state index is 11.2. The fourth-order valence-corrected chi connectivity index (χ4v) is 1.35. The lowest BCUT2D eigenvalue weighted by atomic mass is 10.3. The summed E-state index contributed by atoms with van der Waals surface area (Å²) in [7, 11) is 1.76. The number of pyridine rings is 1. The van der Waals surface area contributed by atoms with Crippen LogP contribution in [0.25, 0.3) is 0 Å². The third-order valence-electron chi connectivity index (χ3n) is 1.67. The molecule has 1 rings (SSSR count). The van der Waals surface area contributed by atoms with Crippen LogP contribution in [0.2, 0.25) is 0 Å². The van der Waals surface area contributed by atoms with Gasteiger partial charge in [-0.05, 0) is 12.1 Å². The summed E-state index contributed by atoms with van der Waals surface area (Å²) < 4.78 is 0. The van der Waals surface area contributed by atoms with Gasteiger partial charge >= 0.3 is 0 Å². The van der Waals surface area contributed by atoms with Gasteiger partial charge in [-0.25, -0.2) is 0 Å². The molecule has 0 aliphatic rings. The normalized spacial score (nSPS) is 9.69. The summed E-state index contributed by atoms with van der Waals surface area (Å²) in [6.45, 7) is 0.561. The second-order valence-corrected chi connectivity index (χ2v) is 3.27. The van der Waals surface area contributed by atoms with Crippen LogP contribution in [0.5, 0.6) is 0 Å². The Morgan fingerprint density at radius 2 is 2.38 bits per heavy atom. The SMILES string of the molecule is CN(Cc1ccccn1)C(=O)CBr. The highest BCUT2D eigenvalue weighted by molar-refractivity contribution is 9.09. The van der Waals surface area contributed by atoms with E-state index in [1.807, 2.05) is 18.2 Å². The number of halogens is 1. The van der Waals surface area contributed by atoms with E-state index in [2.05, 4.69) is 20.9 Å². The summed E-state index contributed by atoms with van der Waals surface area (Å²) in [6, 6.07) is 5.67. The Kier molecular flexibility index (Phi) is 3.89. The molecule has 0 spiro atoms. The molecular weight excluding hydrogens is 232 g/mol. The van der Waals surface area contributed by atoms with Gasteiger partial charge in [0, 0.05) is 13.2 Å². The first kappa shape index (κ1) is 10.2. The molecule has 0 aromatic carbocycles. The van der Waals surface area contributed by atoms with Crippen LogP contribution in [0, 0.1) is 0 Å². The van der Waals surface area contributed by atoms with Crippen molar-refractivity contribution in [2.24, 2.45) is 0 Å². The summed E-state index contributed by atoms with van der Waals surface area (Å²) in [5.41, 5.74) is 0.902. The predicted molar refractivity (Wildman–Crippen MR) is 54.5 cm³/mol. The molecule has 1 amide bonds. The molecule has 4 heteroatoms. The smallest absolute Gasteiger partial charge is 0.233 e. The van der Waals surface area contributed by atoms with E-state index in [9.17, 15) is 4.79 Å². The van der Waals surface area contributed by atoms with E-state index in [0.717, 1.165) is 5.69 Å². The molecule has 1 aromatic rings. The van der Waals surface area contributed by atoms with Crippen LogP contribution >= 0.6 is 15.9 Å². The van der Waals surface area contributed by atoms with Gasteiger partial charge in [0.1, 0.15) is 0 Å². The Bertz CT molecular complexity index is 276. The van der Waals surface area contributed by atoms with Crippen LogP contribution in [-0.2, 0) is 11.3 Å². The maximum atomic E-state index is 11.2. The molecule has 0 radical (unpaired) electrons. The second kappa shape index (κ2) is 4.97. The molecule has 1 heterocycles. The minimum Gasteiger partial charge on any atom is -0.339 e. The molecule has 0 atom stereocenters. The van der Waals surface area contributed by atoms with Gasteiger partial charge in [0.15, 0.2) is 0 Å². The quantitative estimate of drug-likeness (QED) is 0.752. The number of alkyl halides is 1.